The Balaban J connectivity index is 1.65. The molecule has 1 aromatic heterocycles. The second-order valence-corrected chi connectivity index (χ2v) is 9.46. The molecular weight excluding hydrogens is 360 g/mol. The average molecular weight is 391 g/mol. The van der Waals surface area contributed by atoms with E-state index in [2.05, 4.69) is 5.32 Å². The van der Waals surface area contributed by atoms with Gasteiger partial charge in [-0.2, -0.15) is 11.8 Å². The quantitative estimate of drug-likeness (QED) is 0.848. The molecule has 4 rings (SSSR count). The number of carbonyl (C=O) groups is 2. The van der Waals surface area contributed by atoms with Crippen LogP contribution in [-0.4, -0.2) is 39.3 Å². The van der Waals surface area contributed by atoms with Crippen LogP contribution in [-0.2, 0) is 16.1 Å². The number of nitrogens with one attached hydrogen (secondary N) is 1. The van der Waals surface area contributed by atoms with Crippen LogP contribution < -0.4 is 5.32 Å². The molecule has 3 fully saturated rings. The Bertz CT molecular complexity index is 656. The summed E-state index contributed by atoms with van der Waals surface area (Å²) in [6, 6.07) is 4.01. The van der Waals surface area contributed by atoms with E-state index in [-0.39, 0.29) is 23.1 Å². The number of rotatable bonds is 4. The molecule has 0 radical (unpaired) electrons. The molecule has 2 amide bonds. The molecule has 1 N–H and O–H groups in total. The first kappa shape index (κ1) is 18.9. The van der Waals surface area contributed by atoms with Crippen LogP contribution in [0.25, 0.3) is 0 Å². The number of hydrogen-bond donors (Lipinski definition) is 1. The standard InChI is InChI=1S/C21H30N2O3S/c24-19-11-14-27-18-10-4-5-12-21(18,23(19)15-17-9-6-13-26-17)20(25)22-16-7-2-1-3-8-16/h6,9,13,16,18H,1-5,7-8,10-12,14-15H2,(H,22,25)/t18-,21+/m0/s1. The van der Waals surface area contributed by atoms with E-state index in [1.54, 1.807) is 6.26 Å². The van der Waals surface area contributed by atoms with Crippen LogP contribution in [0.2, 0.25) is 0 Å². The van der Waals surface area contributed by atoms with Crippen molar-refractivity contribution < 1.29 is 14.0 Å². The number of hydrogen-bond acceptors (Lipinski definition) is 4. The first-order valence-electron chi connectivity index (χ1n) is 10.5. The van der Waals surface area contributed by atoms with Crippen molar-refractivity contribution in [2.24, 2.45) is 0 Å². The van der Waals surface area contributed by atoms with Gasteiger partial charge in [-0.05, 0) is 37.8 Å². The SMILES string of the molecule is O=C1CCS[C@H]2CCCC[C@@]2(C(=O)NC2CCCCC2)N1Cc1ccco1. The summed E-state index contributed by atoms with van der Waals surface area (Å²) in [5.74, 6) is 1.72. The monoisotopic (exact) mass is 390 g/mol. The van der Waals surface area contributed by atoms with E-state index in [4.69, 9.17) is 4.42 Å². The Morgan fingerprint density at radius 1 is 1.22 bits per heavy atom. The summed E-state index contributed by atoms with van der Waals surface area (Å²) in [7, 11) is 0. The highest BCUT2D eigenvalue weighted by Gasteiger charge is 2.54. The molecule has 3 aliphatic rings. The summed E-state index contributed by atoms with van der Waals surface area (Å²) >= 11 is 1.82. The Kier molecular flexibility index (Phi) is 5.81. The Morgan fingerprint density at radius 3 is 2.81 bits per heavy atom. The topological polar surface area (TPSA) is 62.6 Å². The molecule has 0 spiro atoms. The largest absolute Gasteiger partial charge is 0.467 e. The molecule has 2 heterocycles. The van der Waals surface area contributed by atoms with Gasteiger partial charge >= 0.3 is 0 Å². The minimum absolute atomic E-state index is 0.0772. The molecule has 1 aliphatic heterocycles. The summed E-state index contributed by atoms with van der Waals surface area (Å²) in [6.45, 7) is 0.390. The Hall–Kier alpha value is -1.43. The van der Waals surface area contributed by atoms with Crippen LogP contribution in [0.4, 0.5) is 0 Å². The third-order valence-corrected chi connectivity index (χ3v) is 7.92. The first-order chi connectivity index (χ1) is 13.2. The molecule has 27 heavy (non-hydrogen) atoms. The van der Waals surface area contributed by atoms with Crippen molar-refractivity contribution in [2.75, 3.05) is 5.75 Å². The lowest BCUT2D eigenvalue weighted by molar-refractivity contribution is -0.151. The number of fused-ring (bicyclic) bond motifs is 1. The van der Waals surface area contributed by atoms with Crippen molar-refractivity contribution in [2.45, 2.75) is 87.6 Å². The second kappa shape index (κ2) is 8.29. The van der Waals surface area contributed by atoms with E-state index in [0.717, 1.165) is 50.0 Å². The van der Waals surface area contributed by atoms with Crippen LogP contribution in [0.5, 0.6) is 0 Å². The lowest BCUT2D eigenvalue weighted by Crippen LogP contribution is -2.66. The molecule has 5 nitrogen and oxygen atoms in total. The molecule has 1 saturated heterocycles. The third kappa shape index (κ3) is 3.78. The molecule has 2 aliphatic carbocycles. The van der Waals surface area contributed by atoms with Crippen molar-refractivity contribution in [3.63, 3.8) is 0 Å². The van der Waals surface area contributed by atoms with Crippen LogP contribution in [0, 0.1) is 0 Å². The van der Waals surface area contributed by atoms with Crippen LogP contribution in [0.3, 0.4) is 0 Å². The van der Waals surface area contributed by atoms with Crippen LogP contribution in [0.15, 0.2) is 22.8 Å². The van der Waals surface area contributed by atoms with E-state index in [1.165, 1.54) is 19.3 Å². The van der Waals surface area contributed by atoms with Crippen molar-refractivity contribution in [3.05, 3.63) is 24.2 Å². The van der Waals surface area contributed by atoms with Gasteiger partial charge in [0.05, 0.1) is 12.8 Å². The first-order valence-corrected chi connectivity index (χ1v) is 11.5. The van der Waals surface area contributed by atoms with Crippen molar-refractivity contribution in [3.8, 4) is 0 Å². The number of nitrogens with zero attached hydrogens (tertiary/aromatic N) is 1. The molecular formula is C21H30N2O3S. The van der Waals surface area contributed by atoms with Gasteiger partial charge in [0.1, 0.15) is 11.3 Å². The number of amides is 2. The number of furan rings is 1. The van der Waals surface area contributed by atoms with Crippen LogP contribution >= 0.6 is 11.8 Å². The van der Waals surface area contributed by atoms with Gasteiger partial charge in [0.2, 0.25) is 11.8 Å². The fourth-order valence-corrected chi connectivity index (χ4v) is 6.57. The predicted octanol–water partition coefficient (Wildman–Crippen LogP) is 3.88. The highest BCUT2D eigenvalue weighted by Crippen LogP contribution is 2.44. The van der Waals surface area contributed by atoms with E-state index >= 15 is 0 Å². The summed E-state index contributed by atoms with van der Waals surface area (Å²) in [5, 5.41) is 3.54. The average Bonchev–Trinajstić information content (AvgIpc) is 3.15. The second-order valence-electron chi connectivity index (χ2n) is 8.15. The predicted molar refractivity (Wildman–Crippen MR) is 106 cm³/mol. The zero-order valence-corrected chi connectivity index (χ0v) is 16.8. The minimum atomic E-state index is -0.735. The van der Waals surface area contributed by atoms with Gasteiger partial charge in [-0.3, -0.25) is 9.59 Å². The van der Waals surface area contributed by atoms with Crippen molar-refractivity contribution >= 4 is 23.6 Å². The summed E-state index contributed by atoms with van der Waals surface area (Å²) in [5.41, 5.74) is -0.735. The molecule has 0 unspecified atom stereocenters. The van der Waals surface area contributed by atoms with Gasteiger partial charge in [0.15, 0.2) is 0 Å². The molecule has 1 aromatic rings. The van der Waals surface area contributed by atoms with Gasteiger partial charge in [0, 0.05) is 23.5 Å². The normalized spacial score (nSPS) is 29.9. The smallest absolute Gasteiger partial charge is 0.247 e. The Labute approximate surface area is 165 Å². The highest BCUT2D eigenvalue weighted by atomic mass is 32.2. The molecule has 148 valence electrons. The van der Waals surface area contributed by atoms with Crippen LogP contribution in [0.1, 0.15) is 70.0 Å². The van der Waals surface area contributed by atoms with E-state index in [1.807, 2.05) is 28.8 Å². The zero-order valence-electron chi connectivity index (χ0n) is 16.0. The van der Waals surface area contributed by atoms with Gasteiger partial charge in [0.25, 0.3) is 0 Å². The fraction of sp³-hybridized carbons (Fsp3) is 0.714. The highest BCUT2D eigenvalue weighted by molar-refractivity contribution is 8.00. The van der Waals surface area contributed by atoms with Gasteiger partial charge < -0.3 is 14.6 Å². The zero-order chi connectivity index (χ0) is 18.7. The third-order valence-electron chi connectivity index (χ3n) is 6.45. The van der Waals surface area contributed by atoms with Gasteiger partial charge in [-0.15, -0.1) is 0 Å². The molecule has 6 heteroatoms. The Morgan fingerprint density at radius 2 is 2.04 bits per heavy atom. The van der Waals surface area contributed by atoms with Gasteiger partial charge in [-0.25, -0.2) is 0 Å². The lowest BCUT2D eigenvalue weighted by Gasteiger charge is -2.48. The summed E-state index contributed by atoms with van der Waals surface area (Å²) in [6.07, 6.45) is 11.8. The number of carbonyl (C=O) groups excluding carboxylic acids is 2. The van der Waals surface area contributed by atoms with Gasteiger partial charge in [-0.1, -0.05) is 32.1 Å². The van der Waals surface area contributed by atoms with Crippen molar-refractivity contribution in [1.82, 2.24) is 10.2 Å². The van der Waals surface area contributed by atoms with E-state index < -0.39 is 5.54 Å². The maximum Gasteiger partial charge on any atom is 0.247 e. The number of thioether (sulfide) groups is 1. The molecule has 0 bridgehead atoms. The summed E-state index contributed by atoms with van der Waals surface area (Å²) < 4.78 is 5.55. The summed E-state index contributed by atoms with van der Waals surface area (Å²) in [4.78, 5) is 28.7. The van der Waals surface area contributed by atoms with E-state index in [9.17, 15) is 9.59 Å². The molecule has 2 saturated carbocycles. The molecule has 0 aromatic carbocycles. The fourth-order valence-electron chi connectivity index (χ4n) is 5.03. The minimum Gasteiger partial charge on any atom is -0.467 e. The van der Waals surface area contributed by atoms with Crippen molar-refractivity contribution in [1.29, 1.82) is 0 Å². The van der Waals surface area contributed by atoms with E-state index in [0.29, 0.717) is 13.0 Å². The maximum atomic E-state index is 13.7. The maximum absolute atomic E-state index is 13.7. The lowest BCUT2D eigenvalue weighted by atomic mass is 9.78. The molecule has 2 atom stereocenters.